The minimum absolute atomic E-state index is 0.191. The Hall–Kier alpha value is -3.28. The SMILES string of the molecule is COc1cccc2cc(C(=O)N/N=C\c3ccc(N4CCCC4)cc3)oc12. The van der Waals surface area contributed by atoms with Crippen molar-refractivity contribution >= 4 is 28.8 Å². The quantitative estimate of drug-likeness (QED) is 0.553. The first-order valence-corrected chi connectivity index (χ1v) is 8.99. The number of rotatable bonds is 5. The Labute approximate surface area is 157 Å². The third kappa shape index (κ3) is 3.65. The van der Waals surface area contributed by atoms with Gasteiger partial charge >= 0.3 is 5.91 Å². The lowest BCUT2D eigenvalue weighted by Crippen LogP contribution is -2.17. The van der Waals surface area contributed by atoms with Gasteiger partial charge < -0.3 is 14.1 Å². The lowest BCUT2D eigenvalue weighted by molar-refractivity contribution is 0.0929. The maximum absolute atomic E-state index is 12.3. The Balaban J connectivity index is 1.41. The van der Waals surface area contributed by atoms with Gasteiger partial charge in [0.15, 0.2) is 17.1 Å². The maximum atomic E-state index is 12.3. The summed E-state index contributed by atoms with van der Waals surface area (Å²) in [5.41, 5.74) is 5.20. The molecular weight excluding hydrogens is 342 g/mol. The van der Waals surface area contributed by atoms with Crippen LogP contribution in [0.2, 0.25) is 0 Å². The van der Waals surface area contributed by atoms with Crippen molar-refractivity contribution in [3.05, 3.63) is 59.9 Å². The number of methoxy groups -OCH3 is 1. The Bertz CT molecular complexity index is 970. The number of amides is 1. The fourth-order valence-corrected chi connectivity index (χ4v) is 3.28. The second-order valence-corrected chi connectivity index (χ2v) is 6.47. The largest absolute Gasteiger partial charge is 0.493 e. The van der Waals surface area contributed by atoms with Crippen molar-refractivity contribution in [2.45, 2.75) is 12.8 Å². The molecule has 1 amide bonds. The molecule has 1 aromatic heterocycles. The molecule has 1 saturated heterocycles. The van der Waals surface area contributed by atoms with E-state index >= 15 is 0 Å². The van der Waals surface area contributed by atoms with E-state index in [2.05, 4.69) is 27.6 Å². The van der Waals surface area contributed by atoms with Crippen molar-refractivity contribution in [1.29, 1.82) is 0 Å². The Morgan fingerprint density at radius 2 is 1.96 bits per heavy atom. The van der Waals surface area contributed by atoms with Crippen LogP contribution in [0.25, 0.3) is 11.0 Å². The highest BCUT2D eigenvalue weighted by atomic mass is 16.5. The molecule has 6 heteroatoms. The van der Waals surface area contributed by atoms with Crippen LogP contribution in [0.5, 0.6) is 5.75 Å². The number of para-hydroxylation sites is 1. The van der Waals surface area contributed by atoms with Crippen molar-refractivity contribution in [1.82, 2.24) is 5.43 Å². The number of hydrogen-bond acceptors (Lipinski definition) is 5. The molecular formula is C21H21N3O3. The van der Waals surface area contributed by atoms with E-state index < -0.39 is 5.91 Å². The Morgan fingerprint density at radius 3 is 2.70 bits per heavy atom. The van der Waals surface area contributed by atoms with Crippen LogP contribution in [-0.2, 0) is 0 Å². The molecule has 0 aliphatic carbocycles. The monoisotopic (exact) mass is 363 g/mol. The summed E-state index contributed by atoms with van der Waals surface area (Å²) in [6.45, 7) is 2.23. The van der Waals surface area contributed by atoms with E-state index in [1.165, 1.54) is 18.5 Å². The number of nitrogens with zero attached hydrogens (tertiary/aromatic N) is 2. The van der Waals surface area contributed by atoms with Gasteiger partial charge in [0.05, 0.1) is 13.3 Å². The number of fused-ring (bicyclic) bond motifs is 1. The lowest BCUT2D eigenvalue weighted by Gasteiger charge is -2.17. The van der Waals surface area contributed by atoms with Crippen molar-refractivity contribution in [2.24, 2.45) is 5.10 Å². The van der Waals surface area contributed by atoms with Crippen molar-refractivity contribution in [3.63, 3.8) is 0 Å². The summed E-state index contributed by atoms with van der Waals surface area (Å²) >= 11 is 0. The predicted octanol–water partition coefficient (Wildman–Crippen LogP) is 3.81. The second kappa shape index (κ2) is 7.53. The molecule has 1 N–H and O–H groups in total. The van der Waals surface area contributed by atoms with Crippen LogP contribution in [0.3, 0.4) is 0 Å². The average molecular weight is 363 g/mol. The molecule has 0 atom stereocenters. The molecule has 0 radical (unpaired) electrons. The number of ether oxygens (including phenoxy) is 1. The summed E-state index contributed by atoms with van der Waals surface area (Å²) < 4.78 is 10.9. The molecule has 0 saturated carbocycles. The van der Waals surface area contributed by atoms with Crippen molar-refractivity contribution in [3.8, 4) is 5.75 Å². The molecule has 6 nitrogen and oxygen atoms in total. The summed E-state index contributed by atoms with van der Waals surface area (Å²) in [6.07, 6.45) is 4.13. The zero-order chi connectivity index (χ0) is 18.6. The zero-order valence-electron chi connectivity index (χ0n) is 15.1. The number of anilines is 1. The van der Waals surface area contributed by atoms with Gasteiger partial charge in [0.25, 0.3) is 0 Å². The minimum Gasteiger partial charge on any atom is -0.493 e. The topological polar surface area (TPSA) is 67.1 Å². The number of nitrogens with one attached hydrogen (secondary N) is 1. The smallest absolute Gasteiger partial charge is 0.307 e. The van der Waals surface area contributed by atoms with Crippen LogP contribution in [-0.4, -0.2) is 32.3 Å². The molecule has 138 valence electrons. The summed E-state index contributed by atoms with van der Waals surface area (Å²) in [7, 11) is 1.57. The van der Waals surface area contributed by atoms with Crippen LogP contribution in [0, 0.1) is 0 Å². The molecule has 2 heterocycles. The molecule has 27 heavy (non-hydrogen) atoms. The van der Waals surface area contributed by atoms with E-state index in [0.717, 1.165) is 24.0 Å². The standard InChI is InChI=1S/C21H21N3O3/c1-26-18-6-4-5-16-13-19(27-20(16)18)21(25)23-22-14-15-7-9-17(10-8-15)24-11-2-3-12-24/h4-10,13-14H,2-3,11-12H2,1H3,(H,23,25)/b22-14-. The van der Waals surface area contributed by atoms with E-state index in [0.29, 0.717) is 11.3 Å². The minimum atomic E-state index is -0.404. The van der Waals surface area contributed by atoms with Gasteiger partial charge in [0.2, 0.25) is 0 Å². The first-order chi connectivity index (χ1) is 13.2. The summed E-state index contributed by atoms with van der Waals surface area (Å²) in [6, 6.07) is 15.3. The first-order valence-electron chi connectivity index (χ1n) is 8.99. The first kappa shape index (κ1) is 17.1. The Kier molecular flexibility index (Phi) is 4.78. The third-order valence-corrected chi connectivity index (χ3v) is 4.70. The van der Waals surface area contributed by atoms with E-state index in [1.807, 2.05) is 24.3 Å². The third-order valence-electron chi connectivity index (χ3n) is 4.70. The van der Waals surface area contributed by atoms with Gasteiger partial charge in [-0.15, -0.1) is 0 Å². The van der Waals surface area contributed by atoms with Gasteiger partial charge in [-0.1, -0.05) is 24.3 Å². The van der Waals surface area contributed by atoms with Gasteiger partial charge in [-0.05, 0) is 42.7 Å². The Morgan fingerprint density at radius 1 is 1.19 bits per heavy atom. The van der Waals surface area contributed by atoms with Crippen LogP contribution < -0.4 is 15.1 Å². The van der Waals surface area contributed by atoms with E-state index in [4.69, 9.17) is 9.15 Å². The van der Waals surface area contributed by atoms with Crippen molar-refractivity contribution in [2.75, 3.05) is 25.1 Å². The number of benzene rings is 2. The molecule has 1 aliphatic rings. The maximum Gasteiger partial charge on any atom is 0.307 e. The zero-order valence-corrected chi connectivity index (χ0v) is 15.1. The second-order valence-electron chi connectivity index (χ2n) is 6.47. The van der Waals surface area contributed by atoms with E-state index in [1.54, 1.807) is 25.5 Å². The lowest BCUT2D eigenvalue weighted by atomic mass is 10.2. The van der Waals surface area contributed by atoms with Crippen LogP contribution in [0.15, 0.2) is 58.0 Å². The van der Waals surface area contributed by atoms with Crippen LogP contribution in [0.4, 0.5) is 5.69 Å². The number of furan rings is 1. The number of hydrogen-bond donors (Lipinski definition) is 1. The molecule has 0 unspecified atom stereocenters. The highest BCUT2D eigenvalue weighted by molar-refractivity contribution is 5.97. The summed E-state index contributed by atoms with van der Waals surface area (Å²) in [4.78, 5) is 14.6. The number of hydrazone groups is 1. The van der Waals surface area contributed by atoms with Gasteiger partial charge in [-0.25, -0.2) is 5.43 Å². The predicted molar refractivity (Wildman–Crippen MR) is 106 cm³/mol. The molecule has 1 fully saturated rings. The average Bonchev–Trinajstić information content (AvgIpc) is 3.38. The molecule has 0 spiro atoms. The van der Waals surface area contributed by atoms with Crippen LogP contribution in [0.1, 0.15) is 29.0 Å². The van der Waals surface area contributed by atoms with Gasteiger partial charge in [0.1, 0.15) is 0 Å². The number of carbonyl (C=O) groups excluding carboxylic acids is 1. The molecule has 1 aliphatic heterocycles. The number of carbonyl (C=O) groups is 1. The van der Waals surface area contributed by atoms with Gasteiger partial charge in [-0.3, -0.25) is 4.79 Å². The fraction of sp³-hybridized carbons (Fsp3) is 0.238. The van der Waals surface area contributed by atoms with Gasteiger partial charge in [0, 0.05) is 24.2 Å². The highest BCUT2D eigenvalue weighted by Crippen LogP contribution is 2.28. The van der Waals surface area contributed by atoms with Gasteiger partial charge in [-0.2, -0.15) is 5.10 Å². The molecule has 4 rings (SSSR count). The molecule has 3 aromatic rings. The van der Waals surface area contributed by atoms with E-state index in [9.17, 15) is 4.79 Å². The highest BCUT2D eigenvalue weighted by Gasteiger charge is 2.14. The molecule has 2 aromatic carbocycles. The van der Waals surface area contributed by atoms with Crippen molar-refractivity contribution < 1.29 is 13.9 Å². The van der Waals surface area contributed by atoms with Crippen LogP contribution >= 0.6 is 0 Å². The summed E-state index contributed by atoms with van der Waals surface area (Å²) in [5.74, 6) is 0.377. The normalized spacial score (nSPS) is 14.2. The summed E-state index contributed by atoms with van der Waals surface area (Å²) in [5, 5.41) is 4.83. The molecule has 0 bridgehead atoms. The van der Waals surface area contributed by atoms with E-state index in [-0.39, 0.29) is 5.76 Å². The fourth-order valence-electron chi connectivity index (χ4n) is 3.28.